The van der Waals surface area contributed by atoms with Gasteiger partial charge in [-0.3, -0.25) is 9.58 Å². The molecule has 2 aromatic rings. The van der Waals surface area contributed by atoms with Gasteiger partial charge in [-0.15, -0.1) is 11.7 Å². The Hall–Kier alpha value is -2.19. The monoisotopic (exact) mass is 380 g/mol. The van der Waals surface area contributed by atoms with E-state index in [0.29, 0.717) is 24.9 Å². The average molecular weight is 380 g/mol. The van der Waals surface area contributed by atoms with Crippen LogP contribution in [0.15, 0.2) is 43.1 Å². The van der Waals surface area contributed by atoms with Crippen LogP contribution in [0.5, 0.6) is 0 Å². The summed E-state index contributed by atoms with van der Waals surface area (Å²) in [4.78, 5) is 2.18. The number of hydrogen-bond acceptors (Lipinski definition) is 4. The van der Waals surface area contributed by atoms with E-state index < -0.39 is 17.3 Å². The first kappa shape index (κ1) is 19.6. The number of aryl methyl sites for hydroxylation is 1. The molecule has 3 rings (SSSR count). The summed E-state index contributed by atoms with van der Waals surface area (Å²) in [7, 11) is 1.77. The summed E-state index contributed by atoms with van der Waals surface area (Å²) in [6.45, 7) is 6.40. The van der Waals surface area contributed by atoms with Crippen molar-refractivity contribution >= 4 is 0 Å². The molecule has 5 nitrogen and oxygen atoms in total. The molecular formula is C19H23F3N4O. The Morgan fingerprint density at radius 2 is 1.96 bits per heavy atom. The van der Waals surface area contributed by atoms with Gasteiger partial charge in [0.15, 0.2) is 0 Å². The Balaban J connectivity index is 1.94. The topological polar surface area (TPSA) is 54.2 Å². The van der Waals surface area contributed by atoms with Gasteiger partial charge >= 0.3 is 6.18 Å². The summed E-state index contributed by atoms with van der Waals surface area (Å²) in [5.74, 6) is 0. The first-order valence-corrected chi connectivity index (χ1v) is 8.77. The Kier molecular flexibility index (Phi) is 5.14. The van der Waals surface area contributed by atoms with Crippen LogP contribution in [0.25, 0.3) is 0 Å². The molecule has 1 aliphatic heterocycles. The van der Waals surface area contributed by atoms with Gasteiger partial charge in [-0.05, 0) is 31.0 Å². The lowest BCUT2D eigenvalue weighted by atomic mass is 9.77. The van der Waals surface area contributed by atoms with Crippen LogP contribution in [0.3, 0.4) is 0 Å². The van der Waals surface area contributed by atoms with Crippen molar-refractivity contribution in [1.29, 1.82) is 0 Å². The highest BCUT2D eigenvalue weighted by Gasteiger charge is 2.44. The van der Waals surface area contributed by atoms with E-state index in [1.165, 1.54) is 12.1 Å². The average Bonchev–Trinajstić information content (AvgIpc) is 3.03. The molecule has 1 fully saturated rings. The molecule has 0 unspecified atom stereocenters. The third kappa shape index (κ3) is 3.91. The number of rotatable bonds is 4. The van der Waals surface area contributed by atoms with Gasteiger partial charge in [0.25, 0.3) is 0 Å². The van der Waals surface area contributed by atoms with Crippen LogP contribution in [0.2, 0.25) is 0 Å². The summed E-state index contributed by atoms with van der Waals surface area (Å²) in [6, 6.07) is 4.54. The third-order valence-electron chi connectivity index (χ3n) is 5.18. The number of likely N-dealkylation sites (tertiary alicyclic amines) is 1. The summed E-state index contributed by atoms with van der Waals surface area (Å²) in [5, 5.41) is 19.5. The maximum absolute atomic E-state index is 12.8. The molecule has 0 aliphatic carbocycles. The molecule has 1 saturated heterocycles. The predicted molar refractivity (Wildman–Crippen MR) is 94.7 cm³/mol. The second-order valence-corrected chi connectivity index (χ2v) is 7.18. The van der Waals surface area contributed by atoms with E-state index in [-0.39, 0.29) is 12.1 Å². The van der Waals surface area contributed by atoms with Gasteiger partial charge in [0, 0.05) is 32.3 Å². The molecule has 1 aromatic carbocycles. The van der Waals surface area contributed by atoms with Gasteiger partial charge in [-0.2, -0.15) is 13.2 Å². The zero-order valence-corrected chi connectivity index (χ0v) is 15.3. The SMILES string of the molecule is C=CCN1[C@@H](C)C[C@@](O)(c2ccc(C(F)(F)F)cc2)C[C@H]1c1cn(C)nn1. The summed E-state index contributed by atoms with van der Waals surface area (Å²) in [5.41, 5.74) is -0.771. The van der Waals surface area contributed by atoms with Crippen molar-refractivity contribution in [2.45, 2.75) is 43.6 Å². The van der Waals surface area contributed by atoms with E-state index in [4.69, 9.17) is 0 Å². The lowest BCUT2D eigenvalue weighted by Gasteiger charge is -2.47. The highest BCUT2D eigenvalue weighted by Crippen LogP contribution is 2.45. The quantitative estimate of drug-likeness (QED) is 0.826. The standard InChI is InChI=1S/C19H23F3N4O/c1-4-9-26-13(2)10-18(27,11-17(26)16-12-25(3)24-23-16)14-5-7-15(8-6-14)19(20,21)22/h4-8,12-13,17,27H,1,9-11H2,2-3H3/t13-,17-,18-/m0/s1. The molecule has 0 spiro atoms. The highest BCUT2D eigenvalue weighted by molar-refractivity contribution is 5.30. The number of nitrogens with zero attached hydrogens (tertiary/aromatic N) is 4. The molecule has 0 radical (unpaired) electrons. The minimum Gasteiger partial charge on any atom is -0.385 e. The number of hydrogen-bond donors (Lipinski definition) is 1. The summed E-state index contributed by atoms with van der Waals surface area (Å²) in [6.07, 6.45) is -0.0868. The molecule has 146 valence electrons. The van der Waals surface area contributed by atoms with Crippen LogP contribution >= 0.6 is 0 Å². The Morgan fingerprint density at radius 1 is 1.30 bits per heavy atom. The molecule has 1 aliphatic rings. The zero-order valence-electron chi connectivity index (χ0n) is 15.3. The minimum atomic E-state index is -4.40. The number of benzene rings is 1. The normalized spacial score (nSPS) is 26.9. The van der Waals surface area contributed by atoms with E-state index >= 15 is 0 Å². The zero-order chi connectivity index (χ0) is 19.8. The first-order chi connectivity index (χ1) is 12.6. The van der Waals surface area contributed by atoms with Gasteiger partial charge in [0.1, 0.15) is 0 Å². The van der Waals surface area contributed by atoms with Crippen molar-refractivity contribution in [2.24, 2.45) is 7.05 Å². The van der Waals surface area contributed by atoms with Crippen molar-refractivity contribution in [2.75, 3.05) is 6.54 Å². The van der Waals surface area contributed by atoms with Gasteiger partial charge in [0.05, 0.1) is 22.9 Å². The summed E-state index contributed by atoms with van der Waals surface area (Å²) >= 11 is 0. The van der Waals surface area contributed by atoms with E-state index in [1.807, 2.05) is 6.92 Å². The van der Waals surface area contributed by atoms with E-state index in [1.54, 1.807) is 24.0 Å². The lowest BCUT2D eigenvalue weighted by Crippen LogP contribution is -2.49. The predicted octanol–water partition coefficient (Wildman–Crippen LogP) is 3.43. The molecule has 1 aromatic heterocycles. The molecule has 3 atom stereocenters. The molecule has 8 heteroatoms. The van der Waals surface area contributed by atoms with Gasteiger partial charge < -0.3 is 5.11 Å². The van der Waals surface area contributed by atoms with Gasteiger partial charge in [-0.25, -0.2) is 0 Å². The lowest BCUT2D eigenvalue weighted by molar-refractivity contribution is -0.137. The van der Waals surface area contributed by atoms with Crippen molar-refractivity contribution in [1.82, 2.24) is 19.9 Å². The number of halogens is 3. The van der Waals surface area contributed by atoms with Crippen LogP contribution in [0, 0.1) is 0 Å². The smallest absolute Gasteiger partial charge is 0.385 e. The fourth-order valence-electron chi connectivity index (χ4n) is 3.89. The second-order valence-electron chi connectivity index (χ2n) is 7.18. The third-order valence-corrected chi connectivity index (χ3v) is 5.18. The van der Waals surface area contributed by atoms with E-state index in [2.05, 4.69) is 21.8 Å². The van der Waals surface area contributed by atoms with Crippen LogP contribution in [-0.2, 0) is 18.8 Å². The van der Waals surface area contributed by atoms with Crippen LogP contribution < -0.4 is 0 Å². The van der Waals surface area contributed by atoms with Crippen molar-refractivity contribution in [3.63, 3.8) is 0 Å². The highest BCUT2D eigenvalue weighted by atomic mass is 19.4. The Morgan fingerprint density at radius 3 is 2.48 bits per heavy atom. The number of aromatic nitrogens is 3. The molecule has 0 amide bonds. The van der Waals surface area contributed by atoms with Crippen LogP contribution in [0.4, 0.5) is 13.2 Å². The maximum Gasteiger partial charge on any atom is 0.416 e. The maximum atomic E-state index is 12.8. The first-order valence-electron chi connectivity index (χ1n) is 8.77. The fourth-order valence-corrected chi connectivity index (χ4v) is 3.89. The van der Waals surface area contributed by atoms with Crippen LogP contribution in [0.1, 0.15) is 42.6 Å². The van der Waals surface area contributed by atoms with Crippen molar-refractivity contribution in [3.05, 3.63) is 59.9 Å². The Bertz CT molecular complexity index is 802. The molecule has 0 saturated carbocycles. The van der Waals surface area contributed by atoms with E-state index in [9.17, 15) is 18.3 Å². The largest absolute Gasteiger partial charge is 0.416 e. The molecule has 1 N–H and O–H groups in total. The minimum absolute atomic E-state index is 0.0175. The molecule has 0 bridgehead atoms. The van der Waals surface area contributed by atoms with Crippen LogP contribution in [-0.4, -0.2) is 37.6 Å². The molecular weight excluding hydrogens is 357 g/mol. The van der Waals surface area contributed by atoms with E-state index in [0.717, 1.165) is 17.8 Å². The second kappa shape index (κ2) is 7.09. The Labute approximate surface area is 156 Å². The van der Waals surface area contributed by atoms with Gasteiger partial charge in [0.2, 0.25) is 0 Å². The van der Waals surface area contributed by atoms with Crippen molar-refractivity contribution < 1.29 is 18.3 Å². The molecule has 2 heterocycles. The van der Waals surface area contributed by atoms with Gasteiger partial charge in [-0.1, -0.05) is 23.4 Å². The van der Waals surface area contributed by atoms with Crippen molar-refractivity contribution in [3.8, 4) is 0 Å². The number of piperidine rings is 1. The summed E-state index contributed by atoms with van der Waals surface area (Å²) < 4.78 is 40.1. The fraction of sp³-hybridized carbons (Fsp3) is 0.474. The number of alkyl halides is 3. The molecule has 27 heavy (non-hydrogen) atoms. The number of aliphatic hydroxyl groups is 1.